The summed E-state index contributed by atoms with van der Waals surface area (Å²) in [5, 5.41) is 18.6. The van der Waals surface area contributed by atoms with Gasteiger partial charge in [-0.3, -0.25) is 4.79 Å². The highest BCUT2D eigenvalue weighted by atomic mass is 16.4. The zero-order chi connectivity index (χ0) is 9.26. The lowest BCUT2D eigenvalue weighted by Crippen LogP contribution is -2.00. The van der Waals surface area contributed by atoms with Gasteiger partial charge in [0.2, 0.25) is 5.89 Å². The van der Waals surface area contributed by atoms with E-state index >= 15 is 0 Å². The molecule has 70 valence electrons. The third kappa shape index (κ3) is 2.17. The molecule has 1 aromatic rings. The van der Waals surface area contributed by atoms with Crippen LogP contribution in [0.1, 0.15) is 18.7 Å². The van der Waals surface area contributed by atoms with Crippen LogP contribution in [0, 0.1) is 0 Å². The Morgan fingerprint density at radius 2 is 2.38 bits per heavy atom. The van der Waals surface area contributed by atoms with Crippen molar-refractivity contribution in [1.82, 2.24) is 10.2 Å². The molecular weight excluding hydrogens is 174 g/mol. The Kier molecular flexibility index (Phi) is 1.88. The molecule has 0 unspecified atom stereocenters. The first kappa shape index (κ1) is 8.03. The van der Waals surface area contributed by atoms with Crippen molar-refractivity contribution in [3.8, 4) is 0 Å². The smallest absolute Gasteiger partial charge is 0.315 e. The van der Waals surface area contributed by atoms with Crippen LogP contribution in [0.25, 0.3) is 0 Å². The molecule has 0 spiro atoms. The summed E-state index contributed by atoms with van der Waals surface area (Å²) in [6.45, 7) is 0. The molecule has 2 N–H and O–H groups in total. The number of carboxylic acids is 1. The molecule has 1 aliphatic rings. The molecule has 0 bridgehead atoms. The van der Waals surface area contributed by atoms with Crippen molar-refractivity contribution < 1.29 is 14.3 Å². The van der Waals surface area contributed by atoms with E-state index in [0.29, 0.717) is 12.1 Å². The van der Waals surface area contributed by atoms with E-state index in [1.807, 2.05) is 0 Å². The summed E-state index contributed by atoms with van der Waals surface area (Å²) in [6, 6.07) is 0.747. The van der Waals surface area contributed by atoms with Crippen LogP contribution >= 0.6 is 0 Å². The van der Waals surface area contributed by atoms with Gasteiger partial charge in [0.15, 0.2) is 0 Å². The zero-order valence-electron chi connectivity index (χ0n) is 6.86. The predicted octanol–water partition coefficient (Wildman–Crippen LogP) is 0.271. The molecule has 6 heteroatoms. The molecule has 0 atom stereocenters. The maximum absolute atomic E-state index is 10.3. The van der Waals surface area contributed by atoms with Crippen molar-refractivity contribution in [2.45, 2.75) is 25.3 Å². The SMILES string of the molecule is O=C(O)Cc1nnc(NC2CC2)o1. The van der Waals surface area contributed by atoms with Crippen LogP contribution in [0.15, 0.2) is 4.42 Å². The Balaban J connectivity index is 1.95. The topological polar surface area (TPSA) is 88.2 Å². The van der Waals surface area contributed by atoms with Gasteiger partial charge in [0.1, 0.15) is 6.42 Å². The lowest BCUT2D eigenvalue weighted by Gasteiger charge is -1.93. The molecule has 0 radical (unpaired) electrons. The van der Waals surface area contributed by atoms with Crippen molar-refractivity contribution in [2.24, 2.45) is 0 Å². The highest BCUT2D eigenvalue weighted by molar-refractivity contribution is 5.68. The van der Waals surface area contributed by atoms with Gasteiger partial charge in [-0.2, -0.15) is 0 Å². The van der Waals surface area contributed by atoms with Gasteiger partial charge >= 0.3 is 12.0 Å². The maximum atomic E-state index is 10.3. The van der Waals surface area contributed by atoms with Crippen LogP contribution in [0.5, 0.6) is 0 Å². The Labute approximate surface area is 74.0 Å². The Bertz CT molecular complexity index is 319. The second-order valence-electron chi connectivity index (χ2n) is 2.99. The molecule has 1 heterocycles. The molecule has 0 aromatic carbocycles. The van der Waals surface area contributed by atoms with E-state index in [9.17, 15) is 4.79 Å². The summed E-state index contributed by atoms with van der Waals surface area (Å²) in [6.07, 6.45) is 1.99. The molecule has 6 nitrogen and oxygen atoms in total. The van der Waals surface area contributed by atoms with Crippen molar-refractivity contribution in [2.75, 3.05) is 5.32 Å². The molecule has 1 aromatic heterocycles. The highest BCUT2D eigenvalue weighted by Gasteiger charge is 2.23. The van der Waals surface area contributed by atoms with Crippen molar-refractivity contribution in [1.29, 1.82) is 0 Å². The quantitative estimate of drug-likeness (QED) is 0.696. The number of aromatic nitrogens is 2. The van der Waals surface area contributed by atoms with Gasteiger partial charge in [-0.1, -0.05) is 5.10 Å². The van der Waals surface area contributed by atoms with Crippen molar-refractivity contribution in [3.05, 3.63) is 5.89 Å². The molecular formula is C7H9N3O3. The average molecular weight is 183 g/mol. The molecule has 2 rings (SSSR count). The summed E-state index contributed by atoms with van der Waals surface area (Å²) in [5.74, 6) is -0.836. The summed E-state index contributed by atoms with van der Waals surface area (Å²) < 4.78 is 5.03. The molecule has 0 saturated heterocycles. The molecule has 0 amide bonds. The van der Waals surface area contributed by atoms with Crippen LogP contribution < -0.4 is 5.32 Å². The lowest BCUT2D eigenvalue weighted by molar-refractivity contribution is -0.136. The number of hydrogen-bond donors (Lipinski definition) is 2. The maximum Gasteiger partial charge on any atom is 0.315 e. The second kappa shape index (κ2) is 3.04. The third-order valence-electron chi connectivity index (χ3n) is 1.67. The normalized spacial score (nSPS) is 15.7. The predicted molar refractivity (Wildman–Crippen MR) is 42.3 cm³/mol. The van der Waals surface area contributed by atoms with E-state index in [2.05, 4.69) is 15.5 Å². The van der Waals surface area contributed by atoms with E-state index in [4.69, 9.17) is 9.52 Å². The monoisotopic (exact) mass is 183 g/mol. The Morgan fingerprint density at radius 1 is 1.62 bits per heavy atom. The van der Waals surface area contributed by atoms with E-state index in [1.165, 1.54) is 0 Å². The number of anilines is 1. The van der Waals surface area contributed by atoms with Gasteiger partial charge < -0.3 is 14.8 Å². The first-order valence-electron chi connectivity index (χ1n) is 4.05. The third-order valence-corrected chi connectivity index (χ3v) is 1.67. The Hall–Kier alpha value is -1.59. The standard InChI is InChI=1S/C7H9N3O3/c11-6(12)3-5-9-10-7(13-5)8-4-1-2-4/h4H,1-3H2,(H,8,10)(H,11,12). The minimum absolute atomic E-state index is 0.135. The fourth-order valence-electron chi connectivity index (χ4n) is 0.915. The average Bonchev–Trinajstić information content (AvgIpc) is 2.73. The number of nitrogens with one attached hydrogen (secondary N) is 1. The van der Waals surface area contributed by atoms with Gasteiger partial charge in [-0.05, 0) is 12.8 Å². The second-order valence-corrected chi connectivity index (χ2v) is 2.99. The molecule has 13 heavy (non-hydrogen) atoms. The summed E-state index contributed by atoms with van der Waals surface area (Å²) in [5.41, 5.74) is 0. The number of hydrogen-bond acceptors (Lipinski definition) is 5. The number of carboxylic acid groups (broad SMARTS) is 1. The summed E-state index contributed by atoms with van der Waals surface area (Å²) in [7, 11) is 0. The van der Waals surface area contributed by atoms with Crippen LogP contribution in [0.2, 0.25) is 0 Å². The minimum Gasteiger partial charge on any atom is -0.481 e. The summed E-state index contributed by atoms with van der Waals surface area (Å²) in [4.78, 5) is 10.3. The van der Waals surface area contributed by atoms with E-state index in [-0.39, 0.29) is 12.3 Å². The van der Waals surface area contributed by atoms with Gasteiger partial charge in [0.25, 0.3) is 0 Å². The van der Waals surface area contributed by atoms with Crippen molar-refractivity contribution in [3.63, 3.8) is 0 Å². The number of rotatable bonds is 4. The van der Waals surface area contributed by atoms with Gasteiger partial charge in [-0.25, -0.2) is 0 Å². The van der Waals surface area contributed by atoms with E-state index < -0.39 is 5.97 Å². The minimum atomic E-state index is -0.971. The first-order valence-corrected chi connectivity index (χ1v) is 4.05. The van der Waals surface area contributed by atoms with E-state index in [0.717, 1.165) is 12.8 Å². The summed E-state index contributed by atoms with van der Waals surface area (Å²) >= 11 is 0. The number of nitrogens with zero attached hydrogens (tertiary/aromatic N) is 2. The zero-order valence-corrected chi connectivity index (χ0v) is 6.86. The molecule has 1 fully saturated rings. The van der Waals surface area contributed by atoms with Crippen LogP contribution in [0.4, 0.5) is 6.01 Å². The van der Waals surface area contributed by atoms with Gasteiger partial charge in [0.05, 0.1) is 0 Å². The van der Waals surface area contributed by atoms with Crippen LogP contribution in [-0.2, 0) is 11.2 Å². The number of aliphatic carboxylic acids is 1. The van der Waals surface area contributed by atoms with Crippen LogP contribution in [-0.4, -0.2) is 27.3 Å². The van der Waals surface area contributed by atoms with Crippen LogP contribution in [0.3, 0.4) is 0 Å². The van der Waals surface area contributed by atoms with Gasteiger partial charge in [0, 0.05) is 6.04 Å². The fourth-order valence-corrected chi connectivity index (χ4v) is 0.915. The lowest BCUT2D eigenvalue weighted by atomic mass is 10.4. The largest absolute Gasteiger partial charge is 0.481 e. The molecule has 1 aliphatic carbocycles. The van der Waals surface area contributed by atoms with Crippen molar-refractivity contribution >= 4 is 12.0 Å². The van der Waals surface area contributed by atoms with Gasteiger partial charge in [-0.15, -0.1) is 5.10 Å². The molecule has 0 aliphatic heterocycles. The fraction of sp³-hybridized carbons (Fsp3) is 0.571. The molecule has 1 saturated carbocycles. The number of carbonyl (C=O) groups is 1. The van der Waals surface area contributed by atoms with E-state index in [1.54, 1.807) is 0 Å². The highest BCUT2D eigenvalue weighted by Crippen LogP contribution is 2.23. The first-order chi connectivity index (χ1) is 6.24. The Morgan fingerprint density at radius 3 is 3.00 bits per heavy atom.